The Kier molecular flexibility index (Phi) is 32.6. The van der Waals surface area contributed by atoms with E-state index in [0.717, 1.165) is 79.2 Å². The molecule has 0 spiro atoms. The highest BCUT2D eigenvalue weighted by Crippen LogP contribution is 2.37. The van der Waals surface area contributed by atoms with Gasteiger partial charge in [-0.2, -0.15) is 23.7 Å². The Morgan fingerprint density at radius 2 is 0.707 bits per heavy atom. The number of benzene rings is 4. The summed E-state index contributed by atoms with van der Waals surface area (Å²) in [7, 11) is 5.25. The van der Waals surface area contributed by atoms with Crippen molar-refractivity contribution in [3.63, 3.8) is 0 Å². The maximum atomic E-state index is 13.0. The lowest BCUT2D eigenvalue weighted by Crippen LogP contribution is -2.40. The second kappa shape index (κ2) is 44.6. The summed E-state index contributed by atoms with van der Waals surface area (Å²) in [6.07, 6.45) is 8.89. The van der Waals surface area contributed by atoms with Crippen molar-refractivity contribution in [3.05, 3.63) is 304 Å². The summed E-state index contributed by atoms with van der Waals surface area (Å²) in [5.41, 5.74) is 15.4. The smallest absolute Gasteiger partial charge is 0.395 e. The third-order valence-corrected chi connectivity index (χ3v) is 24.5. The fourth-order valence-electron chi connectivity index (χ4n) is 16.2. The monoisotopic (exact) mass is 1900 g/mol. The van der Waals surface area contributed by atoms with E-state index < -0.39 is 28.5 Å². The third kappa shape index (κ3) is 25.1. The fraction of sp³-hybridized carbons (Fsp3) is 0.340. The first-order valence-corrected chi connectivity index (χ1v) is 45.9. The molecule has 140 heavy (non-hydrogen) atoms. The van der Waals surface area contributed by atoms with Crippen LogP contribution in [0.25, 0.3) is 44.5 Å². The summed E-state index contributed by atoms with van der Waals surface area (Å²) in [5, 5.41) is 39.8. The zero-order chi connectivity index (χ0) is 101. The summed E-state index contributed by atoms with van der Waals surface area (Å²) in [6.45, 7) is 30.7. The molecule has 0 atom stereocenters. The number of anilines is 8. The molecule has 4 fully saturated rings. The Morgan fingerprint density at radius 1 is 0.393 bits per heavy atom. The van der Waals surface area contributed by atoms with Crippen molar-refractivity contribution in [2.75, 3.05) is 153 Å². The van der Waals surface area contributed by atoms with E-state index in [1.807, 2.05) is 117 Å². The van der Waals surface area contributed by atoms with E-state index in [1.165, 1.54) is 22.9 Å². The molecule has 4 aliphatic rings. The molecule has 0 unspecified atom stereocenters. The van der Waals surface area contributed by atoms with Gasteiger partial charge in [0.1, 0.15) is 22.7 Å². The van der Waals surface area contributed by atoms with Gasteiger partial charge in [0, 0.05) is 207 Å². The number of hydrogen-bond acceptors (Lipinski definition) is 23. The number of halogens is 3. The second-order valence-electron chi connectivity index (χ2n) is 36.7. The molecule has 34 heteroatoms. The molecular formula is C106H115F3N18O13. The Morgan fingerprint density at radius 3 is 1.05 bits per heavy atom. The standard InChI is InChI=1S/C27H29N5O3.C27H32N4O3.C26H26F3N3O4.C26H28N6O3/c1-18-5-6-21(30-25(33)19-7-8-29-24(14-19)27(2,3)17-28)15-22(18)20-13-23(26(34)31(4)16-20)32-9-11-35-12-10-32;1-18-6-7-21(29-25(32)19-8-9-28-24(15-19)27(2,3)4)16-22(18)20-14-23(26(33)30(5)17-20)31-10-12-34-13-11-31;1-17-5-6-21(30-24(34)18-3-2-4-20(13-18)26(27,28)29)15-22(17)19-14-23(31-8-11-36-12-9-31)25(35)32(16-19)7-10-33;1-17-21(19-11-22(25(34)31(4)15-19)32-7-9-35-10-8-32)13-20(14-29-17)30-24(33)18-5-6-28-23(12-18)26(2,3)16-27/h5-8,13-16H,9-12H2,1-4H3,(H,30,33);6-9,14-17H,10-13H2,1-5H3,(H,29,32);2-6,13-16,33H,7-12H2,1H3,(H,30,34);5-6,11-15H,7-10H2,1-4H3,(H,30,33). The van der Waals surface area contributed by atoms with E-state index >= 15 is 0 Å². The van der Waals surface area contributed by atoms with Gasteiger partial charge in [-0.05, 0) is 210 Å². The summed E-state index contributed by atoms with van der Waals surface area (Å²) in [4.78, 5) is 129. The van der Waals surface area contributed by atoms with Crippen LogP contribution in [0.5, 0.6) is 0 Å². The zero-order valence-electron chi connectivity index (χ0n) is 80.9. The number of amides is 4. The number of nitriles is 2. The average molecular weight is 1910 g/mol. The van der Waals surface area contributed by atoms with Crippen LogP contribution in [0.4, 0.5) is 58.7 Å². The molecule has 0 saturated carbocycles. The average Bonchev–Trinajstić information content (AvgIpc) is 0.785. The van der Waals surface area contributed by atoms with Crippen LogP contribution in [0.2, 0.25) is 0 Å². The molecular weight excluding hydrogens is 1790 g/mol. The third-order valence-electron chi connectivity index (χ3n) is 24.5. The SMILES string of the molecule is Cc1ccc(NC(=O)c2cccc(C(F)(F)F)c2)cc1-c1cc(N2CCOCC2)c(=O)n(CCO)c1.Cc1ccc(NC(=O)c2ccnc(C(C)(C)C#N)c2)cc1-c1cc(N2CCOCC2)c(=O)n(C)c1.Cc1ccc(NC(=O)c2ccnc(C(C)(C)C)c2)cc1-c1cc(N2CCOCC2)c(=O)n(C)c1.Cc1ncc(NC(=O)c2ccnc(C(C)(C)C#N)c2)cc1-c1cc(N2CCOCC2)c(=O)n(C)c1. The number of aromatic nitrogens is 8. The molecule has 0 bridgehead atoms. The highest BCUT2D eigenvalue weighted by atomic mass is 19.4. The lowest BCUT2D eigenvalue weighted by atomic mass is 9.90. The van der Waals surface area contributed by atoms with Crippen molar-refractivity contribution in [1.82, 2.24) is 38.2 Å². The van der Waals surface area contributed by atoms with E-state index in [2.05, 4.69) is 83.9 Å². The van der Waals surface area contributed by atoms with Crippen molar-refractivity contribution >= 4 is 69.1 Å². The highest BCUT2D eigenvalue weighted by Gasteiger charge is 2.33. The van der Waals surface area contributed by atoms with Gasteiger partial charge in [0.05, 0.1) is 111 Å². The van der Waals surface area contributed by atoms with Crippen LogP contribution in [-0.4, -0.2) is 179 Å². The van der Waals surface area contributed by atoms with Gasteiger partial charge in [-0.3, -0.25) is 58.3 Å². The number of hydrogen-bond donors (Lipinski definition) is 5. The number of nitrogens with zero attached hydrogens (tertiary/aromatic N) is 14. The summed E-state index contributed by atoms with van der Waals surface area (Å²) >= 11 is 0. The van der Waals surface area contributed by atoms with E-state index in [1.54, 1.807) is 148 Å². The predicted octanol–water partition coefficient (Wildman–Crippen LogP) is 14.8. The van der Waals surface area contributed by atoms with Crippen molar-refractivity contribution in [1.29, 1.82) is 10.5 Å². The molecule has 16 rings (SSSR count). The predicted molar refractivity (Wildman–Crippen MR) is 535 cm³/mol. The fourth-order valence-corrected chi connectivity index (χ4v) is 16.2. The molecule has 4 aromatic carbocycles. The zero-order valence-corrected chi connectivity index (χ0v) is 80.9. The maximum absolute atomic E-state index is 13.0. The molecule has 0 aliphatic carbocycles. The molecule has 5 N–H and O–H groups in total. The largest absolute Gasteiger partial charge is 0.416 e. The molecule has 31 nitrogen and oxygen atoms in total. The lowest BCUT2D eigenvalue weighted by Gasteiger charge is -2.29. The van der Waals surface area contributed by atoms with E-state index in [-0.39, 0.29) is 64.1 Å². The number of nitrogens with one attached hydrogen (secondary N) is 4. The van der Waals surface area contributed by atoms with Gasteiger partial charge >= 0.3 is 6.18 Å². The van der Waals surface area contributed by atoms with Gasteiger partial charge < -0.3 is 83.2 Å². The van der Waals surface area contributed by atoms with E-state index in [9.17, 15) is 67.2 Å². The lowest BCUT2D eigenvalue weighted by molar-refractivity contribution is -0.137. The van der Waals surface area contributed by atoms with Crippen molar-refractivity contribution in [3.8, 4) is 56.6 Å². The molecule has 12 heterocycles. The van der Waals surface area contributed by atoms with E-state index in [4.69, 9.17) is 18.9 Å². The normalized spacial score (nSPS) is 14.0. The molecule has 4 amide bonds. The first-order valence-electron chi connectivity index (χ1n) is 45.9. The van der Waals surface area contributed by atoms with Crippen molar-refractivity contribution in [2.24, 2.45) is 21.1 Å². The van der Waals surface area contributed by atoms with Gasteiger partial charge in [0.25, 0.3) is 45.9 Å². The first-order chi connectivity index (χ1) is 66.7. The van der Waals surface area contributed by atoms with Gasteiger partial charge in [0.15, 0.2) is 0 Å². The number of alkyl halides is 3. The number of carbonyl (C=O) groups is 4. The molecule has 0 radical (unpaired) electrons. The van der Waals surface area contributed by atoms with Gasteiger partial charge in [-0.25, -0.2) is 0 Å². The van der Waals surface area contributed by atoms with Crippen LogP contribution in [0.1, 0.15) is 135 Å². The molecule has 12 aromatic rings. The molecule has 728 valence electrons. The van der Waals surface area contributed by atoms with Gasteiger partial charge in [-0.15, -0.1) is 0 Å². The minimum absolute atomic E-state index is 0.0277. The quantitative estimate of drug-likeness (QED) is 0.0473. The van der Waals surface area contributed by atoms with Crippen LogP contribution in [0, 0.1) is 50.4 Å². The van der Waals surface area contributed by atoms with Gasteiger partial charge in [-0.1, -0.05) is 45.0 Å². The van der Waals surface area contributed by atoms with Crippen LogP contribution in [0.3, 0.4) is 0 Å². The number of carbonyl (C=O) groups excluding carboxylic acids is 4. The first kappa shape index (κ1) is 102. The summed E-state index contributed by atoms with van der Waals surface area (Å²) in [5.74, 6) is -1.47. The minimum atomic E-state index is -4.55. The minimum Gasteiger partial charge on any atom is -0.395 e. The van der Waals surface area contributed by atoms with E-state index in [0.29, 0.717) is 184 Å². The van der Waals surface area contributed by atoms with Crippen LogP contribution >= 0.6 is 0 Å². The second-order valence-corrected chi connectivity index (χ2v) is 36.7. The Bertz CT molecular complexity index is 6750. The number of morpholine rings is 4. The van der Waals surface area contributed by atoms with Gasteiger partial charge in [0.2, 0.25) is 0 Å². The maximum Gasteiger partial charge on any atom is 0.416 e. The van der Waals surface area contributed by atoms with Crippen molar-refractivity contribution in [2.45, 2.75) is 105 Å². The van der Waals surface area contributed by atoms with Crippen LogP contribution in [-0.2, 0) is 69.1 Å². The Balaban J connectivity index is 0.000000157. The molecule has 4 aliphatic heterocycles. The number of aliphatic hydroxyl groups excluding tert-OH is 1. The molecule has 4 saturated heterocycles. The Hall–Kier alpha value is -15.1. The highest BCUT2D eigenvalue weighted by molar-refractivity contribution is 6.07. The van der Waals surface area contributed by atoms with Crippen LogP contribution < -0.4 is 63.1 Å². The summed E-state index contributed by atoms with van der Waals surface area (Å²) in [6, 6.07) is 44.8. The van der Waals surface area contributed by atoms with Crippen LogP contribution in [0.15, 0.2) is 214 Å². The number of ether oxygens (including phenoxy) is 4. The number of aliphatic hydroxyl groups is 1. The molecule has 8 aromatic heterocycles. The van der Waals surface area contributed by atoms with Crippen molar-refractivity contribution < 1.29 is 56.4 Å². The topological polar surface area (TPSA) is 374 Å². The Labute approximate surface area is 809 Å². The number of rotatable bonds is 20. The number of aryl methyl sites for hydroxylation is 7. The summed E-state index contributed by atoms with van der Waals surface area (Å²) < 4.78 is 67.1. The number of pyridine rings is 8.